The number of hydrogen-bond acceptors (Lipinski definition) is 5. The van der Waals surface area contributed by atoms with E-state index in [-0.39, 0.29) is 243 Å². The van der Waals surface area contributed by atoms with Crippen LogP contribution in [0.5, 0.6) is 0 Å². The van der Waals surface area contributed by atoms with Crippen LogP contribution in [0.15, 0.2) is 0 Å². The van der Waals surface area contributed by atoms with E-state index in [1.165, 1.54) is 0 Å². The predicted molar refractivity (Wildman–Crippen MR) is 92.0 cm³/mol. The molecule has 88 valence electrons. The number of ether oxygens (including phenoxy) is 2. The fourth-order valence-corrected chi connectivity index (χ4v) is 0.163. The SMILES string of the molecule is O=C(O)OC(=O)OC(=O)O.[CaH2].[CaH2].[CaH2].[CaH2].[MgH2].[MgH2].[MgH2].[MgH2]. The minimum Gasteiger partial charge on any atom is 0.316 e. The molecule has 0 aromatic carbocycles. The molecule has 15 heteroatoms. The molecule has 0 aliphatic carbocycles. The molecule has 18 heavy (non-hydrogen) atoms. The van der Waals surface area contributed by atoms with Gasteiger partial charge in [0.1, 0.15) is 0 Å². The Kier molecular flexibility index (Phi) is 121. The molecule has 0 saturated heterocycles. The summed E-state index contributed by atoms with van der Waals surface area (Å²) in [6, 6.07) is 0. The second-order valence-electron chi connectivity index (χ2n) is 0.986. The molecule has 7 nitrogen and oxygen atoms in total. The zero-order valence-electron chi connectivity index (χ0n) is 4.44. The number of hydrogen-bond donors (Lipinski definition) is 2. The van der Waals surface area contributed by atoms with E-state index in [0.29, 0.717) is 0 Å². The van der Waals surface area contributed by atoms with Crippen molar-refractivity contribution in [1.82, 2.24) is 0 Å². The van der Waals surface area contributed by atoms with Crippen molar-refractivity contribution in [3.05, 3.63) is 0 Å². The zero-order valence-corrected chi connectivity index (χ0v) is 4.44. The molecule has 0 fully saturated rings. The van der Waals surface area contributed by atoms with Crippen molar-refractivity contribution < 1.29 is 34.1 Å². The summed E-state index contributed by atoms with van der Waals surface area (Å²) >= 11 is 0. The fraction of sp³-hybridized carbons (Fsp3) is 0. The van der Waals surface area contributed by atoms with Crippen LogP contribution >= 0.6 is 0 Å². The monoisotopic (exact) mass is 422 g/mol. The van der Waals surface area contributed by atoms with Crippen LogP contribution in [0.1, 0.15) is 0 Å². The van der Waals surface area contributed by atoms with Gasteiger partial charge in [-0.1, -0.05) is 0 Å². The van der Waals surface area contributed by atoms with Crippen molar-refractivity contribution in [3.63, 3.8) is 0 Å². The normalized spacial score (nSPS) is 4.44. The molecule has 0 bridgehead atoms. The number of rotatable bonds is 0. The molecule has 0 amide bonds. The van der Waals surface area contributed by atoms with Crippen molar-refractivity contribution in [2.45, 2.75) is 0 Å². The molecule has 0 spiro atoms. The molecule has 0 rings (SSSR count). The molecule has 0 aromatic heterocycles. The van der Waals surface area contributed by atoms with Crippen LogP contribution in [0.3, 0.4) is 0 Å². The van der Waals surface area contributed by atoms with E-state index in [2.05, 4.69) is 9.47 Å². The zero-order chi connectivity index (χ0) is 8.15. The van der Waals surface area contributed by atoms with Crippen LogP contribution in [0, 0.1) is 0 Å². The summed E-state index contributed by atoms with van der Waals surface area (Å²) in [5.41, 5.74) is 0. The van der Waals surface area contributed by atoms with Gasteiger partial charge in [0.25, 0.3) is 0 Å². The van der Waals surface area contributed by atoms with E-state index < -0.39 is 18.5 Å². The Balaban J connectivity index is -0.0000000145. The second-order valence-corrected chi connectivity index (χ2v) is 0.986. The van der Waals surface area contributed by atoms with Gasteiger partial charge in [-0.3, -0.25) is 0 Å². The van der Waals surface area contributed by atoms with Gasteiger partial charge in [0.2, 0.25) is 0 Å². The first kappa shape index (κ1) is 56.4. The Morgan fingerprint density at radius 1 is 0.611 bits per heavy atom. The molecular weight excluding hydrogens is 406 g/mol. The number of carbonyl (C=O) groups is 3. The van der Waals surface area contributed by atoms with Gasteiger partial charge in [-0.05, 0) is 0 Å². The fourth-order valence-electron chi connectivity index (χ4n) is 0.163. The van der Waals surface area contributed by atoms with Gasteiger partial charge in [-0.2, -0.15) is 0 Å². The Bertz CT molecular complexity index is 178. The van der Waals surface area contributed by atoms with Crippen molar-refractivity contribution in [1.29, 1.82) is 0 Å². The molecule has 0 heterocycles. The van der Waals surface area contributed by atoms with Crippen LogP contribution in [0.25, 0.3) is 0 Å². The third-order valence-corrected chi connectivity index (χ3v) is 0.341. The van der Waals surface area contributed by atoms with E-state index >= 15 is 0 Å². The molecule has 0 unspecified atom stereocenters. The number of carbonyl (C=O) groups excluding carboxylic acids is 1. The van der Waals surface area contributed by atoms with Gasteiger partial charge < -0.3 is 19.7 Å². The quantitative estimate of drug-likeness (QED) is 0.226. The summed E-state index contributed by atoms with van der Waals surface area (Å²) in [6.45, 7) is 0. The molecule has 0 aromatic rings. The maximum atomic E-state index is 9.86. The first-order valence-corrected chi connectivity index (χ1v) is 1.88. The van der Waals surface area contributed by atoms with E-state index in [1.807, 2.05) is 0 Å². The third-order valence-electron chi connectivity index (χ3n) is 0.341. The molecular formula is C3H18Ca4Mg4O7. The van der Waals surface area contributed by atoms with Gasteiger partial charge >= 0.3 is 262 Å². The van der Waals surface area contributed by atoms with E-state index in [0.717, 1.165) is 0 Å². The van der Waals surface area contributed by atoms with Crippen molar-refractivity contribution in [3.8, 4) is 0 Å². The van der Waals surface area contributed by atoms with Gasteiger partial charge in [0.15, 0.2) is 0 Å². The Morgan fingerprint density at radius 2 is 0.778 bits per heavy atom. The molecule has 0 aliphatic heterocycles. The van der Waals surface area contributed by atoms with E-state index in [1.54, 1.807) is 0 Å². The largest absolute Gasteiger partial charge is 0.316 e. The third kappa shape index (κ3) is 49.5. The van der Waals surface area contributed by atoms with Gasteiger partial charge in [0.05, 0.1) is 0 Å². The standard InChI is InChI=1S/C3H2O7.4Ca.4Mg.16H/c4-1(5)9-3(8)10-2(6)7;;;;;;;;;;;;;;;;;;;;;;;;/h(H,4,5)(H,6,7);;;;;;;;;;;;;;;;;;;;;;;;. The second kappa shape index (κ2) is 38.7. The number of carboxylic acid groups (broad SMARTS) is 2. The summed E-state index contributed by atoms with van der Waals surface area (Å²) in [5, 5.41) is 15.4. The molecule has 2 N–H and O–H groups in total. The maximum absolute atomic E-state index is 9.86. The van der Waals surface area contributed by atoms with Gasteiger partial charge in [0, 0.05) is 0 Å². The van der Waals surface area contributed by atoms with E-state index in [9.17, 15) is 14.4 Å². The van der Waals surface area contributed by atoms with Crippen molar-refractivity contribution in [2.24, 2.45) is 0 Å². The van der Waals surface area contributed by atoms with E-state index in [4.69, 9.17) is 10.2 Å². The van der Waals surface area contributed by atoms with Crippen LogP contribution in [-0.2, 0) is 9.47 Å². The van der Waals surface area contributed by atoms with Crippen molar-refractivity contribution in [2.75, 3.05) is 0 Å². The summed E-state index contributed by atoms with van der Waals surface area (Å²) in [5.74, 6) is 0. The van der Waals surface area contributed by atoms with Gasteiger partial charge in [-0.15, -0.1) is 0 Å². The van der Waals surface area contributed by atoms with Gasteiger partial charge in [-0.25, -0.2) is 14.4 Å². The molecule has 0 saturated carbocycles. The minimum absolute atomic E-state index is 0. The Hall–Kier alpha value is 6.31. The first-order chi connectivity index (χ1) is 4.52. The summed E-state index contributed by atoms with van der Waals surface area (Å²) in [4.78, 5) is 28.8. The Labute approximate surface area is 287 Å². The molecule has 0 atom stereocenters. The average Bonchev–Trinajstić information content (AvgIpc) is 1.58. The Morgan fingerprint density at radius 3 is 0.889 bits per heavy atom. The van der Waals surface area contributed by atoms with Crippen molar-refractivity contribution >= 4 is 262 Å². The summed E-state index contributed by atoms with van der Waals surface area (Å²) < 4.78 is 6.47. The molecule has 0 aliphatic rings. The smallest absolute Gasteiger partial charge is 0.316 e. The molecule has 0 radical (unpaired) electrons. The summed E-state index contributed by atoms with van der Waals surface area (Å²) in [7, 11) is 0. The van der Waals surface area contributed by atoms with Crippen LogP contribution in [0.2, 0.25) is 0 Å². The average molecular weight is 424 g/mol. The first-order valence-electron chi connectivity index (χ1n) is 1.88. The minimum atomic E-state index is -1.92. The summed E-state index contributed by atoms with van der Waals surface area (Å²) in [6.07, 6.45) is -5.64. The predicted octanol–water partition coefficient (Wildman–Crippen LogP) is -6.83. The maximum Gasteiger partial charge on any atom is 0.316 e. The van der Waals surface area contributed by atoms with Crippen LogP contribution in [0.4, 0.5) is 14.4 Å². The topological polar surface area (TPSA) is 110 Å². The van der Waals surface area contributed by atoms with Crippen LogP contribution in [-0.4, -0.2) is 272 Å². The van der Waals surface area contributed by atoms with Crippen LogP contribution < -0.4 is 0 Å².